The van der Waals surface area contributed by atoms with Crippen LogP contribution in [0.4, 0.5) is 0 Å². The summed E-state index contributed by atoms with van der Waals surface area (Å²) in [6, 6.07) is 0. The summed E-state index contributed by atoms with van der Waals surface area (Å²) in [5.41, 5.74) is 0. The molecule has 0 spiro atoms. The third-order valence-electron chi connectivity index (χ3n) is 9.85. The van der Waals surface area contributed by atoms with E-state index in [0.29, 0.717) is 6.42 Å². The van der Waals surface area contributed by atoms with Crippen LogP contribution in [0.15, 0.2) is 0 Å². The van der Waals surface area contributed by atoms with E-state index in [1.165, 1.54) is 167 Å². The smallest absolute Gasteiger partial charge is 0.462 e. The lowest BCUT2D eigenvalue weighted by atomic mass is 10.0. The lowest BCUT2D eigenvalue weighted by Crippen LogP contribution is -2.29. The number of hydrogen-bond donors (Lipinski definition) is 1. The zero-order chi connectivity index (χ0) is 37.5. The predicted octanol–water partition coefficient (Wildman–Crippen LogP) is 13.5. The fourth-order valence-corrected chi connectivity index (χ4v) is 6.94. The van der Waals surface area contributed by atoms with Gasteiger partial charge in [-0.05, 0) is 12.8 Å². The normalized spacial score (nSPS) is 13.3. The molecule has 0 heterocycles. The van der Waals surface area contributed by atoms with Gasteiger partial charge >= 0.3 is 19.8 Å². The summed E-state index contributed by atoms with van der Waals surface area (Å²) in [5, 5.41) is 0. The van der Waals surface area contributed by atoms with E-state index in [1.54, 1.807) is 0 Å². The molecule has 0 fully saturated rings. The molecule has 2 atom stereocenters. The highest BCUT2D eigenvalue weighted by Gasteiger charge is 2.24. The van der Waals surface area contributed by atoms with E-state index in [0.717, 1.165) is 45.6 Å². The van der Waals surface area contributed by atoms with Gasteiger partial charge in [-0.25, -0.2) is 4.57 Å². The number of rotatable bonds is 41. The van der Waals surface area contributed by atoms with Crippen LogP contribution in [0.2, 0.25) is 0 Å². The molecular formula is C42H83O8P. The Balaban J connectivity index is 3.94. The van der Waals surface area contributed by atoms with Crippen LogP contribution in [0, 0.1) is 0 Å². The molecule has 0 bridgehead atoms. The molecule has 9 heteroatoms. The molecule has 0 aliphatic heterocycles. The van der Waals surface area contributed by atoms with Crippen molar-refractivity contribution in [1.29, 1.82) is 0 Å². The Morgan fingerprint density at radius 2 is 0.765 bits per heavy atom. The maximum atomic E-state index is 12.5. The molecule has 0 aliphatic rings. The standard InChI is InChI=1S/C42H83O8P/c1-4-6-8-10-12-14-16-18-20-21-23-25-27-29-31-33-35-37-42(44)50-40(39-49-51(45,46)47-3)38-48-41(43)36-34-32-30-28-26-24-22-19-17-15-13-11-9-7-5-2/h40H,4-39H2,1-3H3,(H,45,46). The number of hydrogen-bond acceptors (Lipinski definition) is 7. The van der Waals surface area contributed by atoms with E-state index >= 15 is 0 Å². The quantitative estimate of drug-likeness (QED) is 0.0374. The second-order valence-corrected chi connectivity index (χ2v) is 16.4. The van der Waals surface area contributed by atoms with Crippen LogP contribution in [0.3, 0.4) is 0 Å². The van der Waals surface area contributed by atoms with E-state index < -0.39 is 26.5 Å². The molecule has 0 aliphatic carbocycles. The van der Waals surface area contributed by atoms with E-state index in [9.17, 15) is 19.0 Å². The molecule has 1 N–H and O–H groups in total. The lowest BCUT2D eigenvalue weighted by molar-refractivity contribution is -0.161. The van der Waals surface area contributed by atoms with Gasteiger partial charge in [-0.15, -0.1) is 0 Å². The minimum absolute atomic E-state index is 0.216. The highest BCUT2D eigenvalue weighted by Crippen LogP contribution is 2.42. The Morgan fingerprint density at radius 1 is 0.471 bits per heavy atom. The van der Waals surface area contributed by atoms with Crippen LogP contribution in [0.5, 0.6) is 0 Å². The van der Waals surface area contributed by atoms with Gasteiger partial charge < -0.3 is 14.4 Å². The SMILES string of the molecule is CCCCCCCCCCCCCCCCCCCC(=O)OC(COC(=O)CCCCCCCCCCCCCCCCC)COP(=O)(O)OC. The summed E-state index contributed by atoms with van der Waals surface area (Å²) in [4.78, 5) is 34.5. The van der Waals surface area contributed by atoms with Gasteiger partial charge in [-0.1, -0.05) is 206 Å². The molecule has 51 heavy (non-hydrogen) atoms. The maximum absolute atomic E-state index is 12.5. The second-order valence-electron chi connectivity index (χ2n) is 14.8. The van der Waals surface area contributed by atoms with E-state index in [2.05, 4.69) is 18.4 Å². The third kappa shape index (κ3) is 38.6. The average Bonchev–Trinajstić information content (AvgIpc) is 3.12. The second kappa shape index (κ2) is 38.8. The molecule has 0 aromatic heterocycles. The molecule has 304 valence electrons. The number of esters is 2. The van der Waals surface area contributed by atoms with Crippen molar-refractivity contribution in [2.75, 3.05) is 20.3 Å². The number of phosphoric acid groups is 1. The molecule has 0 aromatic rings. The topological polar surface area (TPSA) is 108 Å². The largest absolute Gasteiger partial charge is 0.472 e. The summed E-state index contributed by atoms with van der Waals surface area (Å²) in [6.45, 7) is 3.92. The van der Waals surface area contributed by atoms with Gasteiger partial charge in [0.25, 0.3) is 0 Å². The van der Waals surface area contributed by atoms with Crippen LogP contribution in [0.1, 0.15) is 232 Å². The Morgan fingerprint density at radius 3 is 1.08 bits per heavy atom. The van der Waals surface area contributed by atoms with Gasteiger partial charge in [0.05, 0.1) is 6.61 Å². The zero-order valence-electron chi connectivity index (χ0n) is 33.8. The number of carbonyl (C=O) groups is 2. The molecule has 0 saturated carbocycles. The Bertz CT molecular complexity index is 808. The molecule has 0 aromatic carbocycles. The summed E-state index contributed by atoms with van der Waals surface area (Å²) >= 11 is 0. The Hall–Kier alpha value is -0.950. The van der Waals surface area contributed by atoms with E-state index in [1.807, 2.05) is 0 Å². The summed E-state index contributed by atoms with van der Waals surface area (Å²) in [6.07, 6.45) is 40.1. The van der Waals surface area contributed by atoms with Crippen LogP contribution in [-0.4, -0.2) is 43.3 Å². The highest BCUT2D eigenvalue weighted by molar-refractivity contribution is 7.47. The highest BCUT2D eigenvalue weighted by atomic mass is 31.2. The first-order valence-corrected chi connectivity index (χ1v) is 23.2. The monoisotopic (exact) mass is 747 g/mol. The van der Waals surface area contributed by atoms with Crippen molar-refractivity contribution in [1.82, 2.24) is 0 Å². The van der Waals surface area contributed by atoms with E-state index in [-0.39, 0.29) is 19.0 Å². The molecule has 0 saturated heterocycles. The minimum Gasteiger partial charge on any atom is -0.462 e. The predicted molar refractivity (Wildman–Crippen MR) is 212 cm³/mol. The van der Waals surface area contributed by atoms with Crippen molar-refractivity contribution >= 4 is 19.8 Å². The Kier molecular flexibility index (Phi) is 38.0. The summed E-state index contributed by atoms with van der Waals surface area (Å²) in [5.74, 6) is -0.786. The van der Waals surface area contributed by atoms with Crippen molar-refractivity contribution in [3.05, 3.63) is 0 Å². The summed E-state index contributed by atoms with van der Waals surface area (Å²) < 4.78 is 32.0. The first kappa shape index (κ1) is 50.1. The first-order chi connectivity index (χ1) is 24.8. The van der Waals surface area contributed by atoms with Crippen LogP contribution < -0.4 is 0 Å². The van der Waals surface area contributed by atoms with Crippen molar-refractivity contribution in [3.8, 4) is 0 Å². The van der Waals surface area contributed by atoms with Crippen LogP contribution in [0.25, 0.3) is 0 Å². The van der Waals surface area contributed by atoms with Gasteiger partial charge in [-0.3, -0.25) is 18.6 Å². The van der Waals surface area contributed by atoms with Crippen molar-refractivity contribution < 1.29 is 37.6 Å². The molecule has 2 unspecified atom stereocenters. The van der Waals surface area contributed by atoms with Gasteiger partial charge in [0, 0.05) is 20.0 Å². The number of unbranched alkanes of at least 4 members (excludes halogenated alkanes) is 30. The fourth-order valence-electron chi connectivity index (χ4n) is 6.48. The van der Waals surface area contributed by atoms with Gasteiger partial charge in [0.2, 0.25) is 0 Å². The van der Waals surface area contributed by atoms with Crippen LogP contribution in [-0.2, 0) is 32.7 Å². The molecular weight excluding hydrogens is 663 g/mol. The minimum atomic E-state index is -4.25. The fraction of sp³-hybridized carbons (Fsp3) is 0.952. The molecule has 8 nitrogen and oxygen atoms in total. The molecule has 0 amide bonds. The van der Waals surface area contributed by atoms with Crippen LogP contribution >= 0.6 is 7.82 Å². The first-order valence-electron chi connectivity index (χ1n) is 21.7. The molecule has 0 radical (unpaired) electrons. The number of ether oxygens (including phenoxy) is 2. The van der Waals surface area contributed by atoms with Gasteiger partial charge in [0.1, 0.15) is 6.61 Å². The van der Waals surface area contributed by atoms with Gasteiger partial charge in [-0.2, -0.15) is 0 Å². The summed E-state index contributed by atoms with van der Waals surface area (Å²) in [7, 11) is -3.19. The van der Waals surface area contributed by atoms with Gasteiger partial charge in [0.15, 0.2) is 6.10 Å². The average molecular weight is 747 g/mol. The maximum Gasteiger partial charge on any atom is 0.472 e. The third-order valence-corrected chi connectivity index (χ3v) is 10.8. The zero-order valence-corrected chi connectivity index (χ0v) is 34.7. The van der Waals surface area contributed by atoms with Crippen molar-refractivity contribution in [2.24, 2.45) is 0 Å². The van der Waals surface area contributed by atoms with Crippen molar-refractivity contribution in [3.63, 3.8) is 0 Å². The lowest BCUT2D eigenvalue weighted by Gasteiger charge is -2.19. The van der Waals surface area contributed by atoms with Crippen molar-refractivity contribution in [2.45, 2.75) is 238 Å². The molecule has 0 rings (SSSR count). The number of phosphoric ester groups is 1. The van der Waals surface area contributed by atoms with E-state index in [4.69, 9.17) is 14.0 Å². The number of carbonyl (C=O) groups excluding carboxylic acids is 2. The Labute approximate surface area is 315 Å².